The smallest absolute Gasteiger partial charge is 0.328 e. The molecule has 1 unspecified atom stereocenters. The molecule has 1 atom stereocenters. The van der Waals surface area contributed by atoms with Gasteiger partial charge in [0, 0.05) is 6.54 Å². The zero-order chi connectivity index (χ0) is 18.3. The number of amides is 2. The summed E-state index contributed by atoms with van der Waals surface area (Å²) in [5, 5.41) is 5.23. The van der Waals surface area contributed by atoms with Crippen LogP contribution < -0.4 is 20.1 Å². The zero-order valence-corrected chi connectivity index (χ0v) is 15.1. The summed E-state index contributed by atoms with van der Waals surface area (Å²) in [4.78, 5) is 23.7. The third-order valence-corrected chi connectivity index (χ3v) is 3.01. The second-order valence-electron chi connectivity index (χ2n) is 6.27. The molecule has 2 N–H and O–H groups in total. The third kappa shape index (κ3) is 6.36. The number of esters is 1. The molecule has 7 heteroatoms. The lowest BCUT2D eigenvalue weighted by Crippen LogP contribution is -2.46. The molecule has 1 aromatic carbocycles. The Hall–Kier alpha value is -2.44. The van der Waals surface area contributed by atoms with Gasteiger partial charge in [-0.1, -0.05) is 6.07 Å². The minimum absolute atomic E-state index is 0.285. The number of urea groups is 1. The molecule has 0 spiro atoms. The van der Waals surface area contributed by atoms with Crippen LogP contribution in [0.25, 0.3) is 0 Å². The number of carbonyl (C=O) groups is 2. The van der Waals surface area contributed by atoms with E-state index >= 15 is 0 Å². The van der Waals surface area contributed by atoms with Gasteiger partial charge in [0.1, 0.15) is 11.6 Å². The predicted octanol–water partition coefficient (Wildman–Crippen LogP) is 2.23. The molecule has 1 rings (SSSR count). The second-order valence-corrected chi connectivity index (χ2v) is 6.27. The number of rotatable bonds is 6. The summed E-state index contributed by atoms with van der Waals surface area (Å²) in [6.07, 6.45) is 0. The normalized spacial score (nSPS) is 12.1. The van der Waals surface area contributed by atoms with Crippen molar-refractivity contribution in [3.63, 3.8) is 0 Å². The first-order chi connectivity index (χ1) is 11.2. The minimum atomic E-state index is -0.741. The molecule has 0 heterocycles. The Morgan fingerprint density at radius 1 is 1.12 bits per heavy atom. The maximum atomic E-state index is 11.9. The maximum Gasteiger partial charge on any atom is 0.328 e. The van der Waals surface area contributed by atoms with E-state index in [1.165, 1.54) is 0 Å². The number of ether oxygens (including phenoxy) is 3. The molecular formula is C17H26N2O5. The molecular weight excluding hydrogens is 312 g/mol. The van der Waals surface area contributed by atoms with E-state index in [0.717, 1.165) is 5.56 Å². The van der Waals surface area contributed by atoms with Crippen molar-refractivity contribution in [3.05, 3.63) is 23.8 Å². The van der Waals surface area contributed by atoms with Crippen LogP contribution in [0, 0.1) is 0 Å². The van der Waals surface area contributed by atoms with Crippen LogP contribution in [0.2, 0.25) is 0 Å². The average Bonchev–Trinajstić information content (AvgIpc) is 2.50. The number of hydrogen-bond donors (Lipinski definition) is 2. The van der Waals surface area contributed by atoms with Gasteiger partial charge in [-0.2, -0.15) is 0 Å². The Morgan fingerprint density at radius 2 is 1.75 bits per heavy atom. The van der Waals surface area contributed by atoms with Gasteiger partial charge in [0.15, 0.2) is 11.5 Å². The minimum Gasteiger partial charge on any atom is -0.493 e. The van der Waals surface area contributed by atoms with Crippen LogP contribution in [-0.2, 0) is 16.1 Å². The molecule has 0 aliphatic rings. The molecule has 0 aliphatic carbocycles. The molecule has 2 amide bonds. The first kappa shape index (κ1) is 19.6. The lowest BCUT2D eigenvalue weighted by atomic mass is 10.2. The molecule has 134 valence electrons. The highest BCUT2D eigenvalue weighted by Crippen LogP contribution is 2.27. The molecule has 0 radical (unpaired) electrons. The summed E-state index contributed by atoms with van der Waals surface area (Å²) in [5.41, 5.74) is 0.246. The lowest BCUT2D eigenvalue weighted by molar-refractivity contribution is -0.156. The van der Waals surface area contributed by atoms with Crippen molar-refractivity contribution in [1.82, 2.24) is 10.6 Å². The largest absolute Gasteiger partial charge is 0.493 e. The first-order valence-corrected chi connectivity index (χ1v) is 7.64. The molecule has 0 aliphatic heterocycles. The molecule has 0 fully saturated rings. The van der Waals surface area contributed by atoms with Crippen LogP contribution in [0.15, 0.2) is 18.2 Å². The molecule has 24 heavy (non-hydrogen) atoms. The van der Waals surface area contributed by atoms with Crippen molar-refractivity contribution in [2.75, 3.05) is 14.2 Å². The van der Waals surface area contributed by atoms with E-state index in [1.54, 1.807) is 54.0 Å². The summed E-state index contributed by atoms with van der Waals surface area (Å²) in [7, 11) is 3.10. The van der Waals surface area contributed by atoms with Gasteiger partial charge in [-0.3, -0.25) is 0 Å². The van der Waals surface area contributed by atoms with E-state index in [4.69, 9.17) is 14.2 Å². The lowest BCUT2D eigenvalue weighted by Gasteiger charge is -2.22. The van der Waals surface area contributed by atoms with Crippen LogP contribution in [-0.4, -0.2) is 37.9 Å². The highest BCUT2D eigenvalue weighted by Gasteiger charge is 2.22. The Labute approximate surface area is 142 Å². The molecule has 1 aromatic rings. The standard InChI is InChI=1S/C17H26N2O5/c1-11(15(20)24-17(2,3)4)19-16(21)18-10-12-7-8-13(22-5)14(9-12)23-6/h7-9,11H,10H2,1-6H3,(H2,18,19,21). The maximum absolute atomic E-state index is 11.9. The highest BCUT2D eigenvalue weighted by molar-refractivity contribution is 5.83. The predicted molar refractivity (Wildman–Crippen MR) is 90.2 cm³/mol. The number of benzene rings is 1. The van der Waals surface area contributed by atoms with Gasteiger partial charge >= 0.3 is 12.0 Å². The Kier molecular flexibility index (Phi) is 6.88. The van der Waals surface area contributed by atoms with E-state index in [2.05, 4.69) is 10.6 Å². The number of hydrogen-bond acceptors (Lipinski definition) is 5. The Balaban J connectivity index is 2.53. The number of methoxy groups -OCH3 is 2. The fourth-order valence-electron chi connectivity index (χ4n) is 1.87. The van der Waals surface area contributed by atoms with Crippen LogP contribution in [0.3, 0.4) is 0 Å². The first-order valence-electron chi connectivity index (χ1n) is 7.64. The van der Waals surface area contributed by atoms with E-state index in [1.807, 2.05) is 6.07 Å². The summed E-state index contributed by atoms with van der Waals surface area (Å²) in [5.74, 6) is 0.715. The van der Waals surface area contributed by atoms with E-state index < -0.39 is 23.6 Å². The molecule has 0 saturated heterocycles. The zero-order valence-electron chi connectivity index (χ0n) is 15.1. The van der Waals surface area contributed by atoms with Crippen molar-refractivity contribution in [3.8, 4) is 11.5 Å². The van der Waals surface area contributed by atoms with Crippen molar-refractivity contribution < 1.29 is 23.8 Å². The van der Waals surface area contributed by atoms with Crippen LogP contribution in [0.5, 0.6) is 11.5 Å². The van der Waals surface area contributed by atoms with Crippen molar-refractivity contribution >= 4 is 12.0 Å². The van der Waals surface area contributed by atoms with Crippen LogP contribution >= 0.6 is 0 Å². The monoisotopic (exact) mass is 338 g/mol. The van der Waals surface area contributed by atoms with Gasteiger partial charge in [0.25, 0.3) is 0 Å². The summed E-state index contributed by atoms with van der Waals surface area (Å²) < 4.78 is 15.6. The van der Waals surface area contributed by atoms with E-state index in [9.17, 15) is 9.59 Å². The molecule has 0 aromatic heterocycles. The van der Waals surface area contributed by atoms with Gasteiger partial charge < -0.3 is 24.8 Å². The highest BCUT2D eigenvalue weighted by atomic mass is 16.6. The van der Waals surface area contributed by atoms with Gasteiger partial charge in [-0.05, 0) is 45.4 Å². The SMILES string of the molecule is COc1ccc(CNC(=O)NC(C)C(=O)OC(C)(C)C)cc1OC. The average molecular weight is 338 g/mol. The Bertz CT molecular complexity index is 581. The topological polar surface area (TPSA) is 85.9 Å². The fraction of sp³-hybridized carbons (Fsp3) is 0.529. The summed E-state index contributed by atoms with van der Waals surface area (Å²) in [6, 6.07) is 4.16. The van der Waals surface area contributed by atoms with Crippen molar-refractivity contribution in [2.24, 2.45) is 0 Å². The molecule has 7 nitrogen and oxygen atoms in total. The van der Waals surface area contributed by atoms with Crippen LogP contribution in [0.4, 0.5) is 4.79 Å². The number of nitrogens with one attached hydrogen (secondary N) is 2. The fourth-order valence-corrected chi connectivity index (χ4v) is 1.87. The van der Waals surface area contributed by atoms with Gasteiger partial charge in [0.05, 0.1) is 14.2 Å². The van der Waals surface area contributed by atoms with Gasteiger partial charge in [-0.25, -0.2) is 9.59 Å². The van der Waals surface area contributed by atoms with E-state index in [-0.39, 0.29) is 6.54 Å². The van der Waals surface area contributed by atoms with E-state index in [0.29, 0.717) is 11.5 Å². The molecule has 0 saturated carbocycles. The third-order valence-electron chi connectivity index (χ3n) is 3.01. The van der Waals surface area contributed by atoms with Crippen molar-refractivity contribution in [1.29, 1.82) is 0 Å². The Morgan fingerprint density at radius 3 is 2.29 bits per heavy atom. The number of carbonyl (C=O) groups excluding carboxylic acids is 2. The quantitative estimate of drug-likeness (QED) is 0.777. The van der Waals surface area contributed by atoms with Gasteiger partial charge in [0.2, 0.25) is 0 Å². The summed E-state index contributed by atoms with van der Waals surface area (Å²) in [6.45, 7) is 7.18. The summed E-state index contributed by atoms with van der Waals surface area (Å²) >= 11 is 0. The molecule has 0 bridgehead atoms. The van der Waals surface area contributed by atoms with Crippen LogP contribution in [0.1, 0.15) is 33.3 Å². The van der Waals surface area contributed by atoms with Gasteiger partial charge in [-0.15, -0.1) is 0 Å². The van der Waals surface area contributed by atoms with Crippen molar-refractivity contribution in [2.45, 2.75) is 45.9 Å². The second kappa shape index (κ2) is 8.42.